The van der Waals surface area contributed by atoms with Gasteiger partial charge in [0.15, 0.2) is 0 Å². The van der Waals surface area contributed by atoms with E-state index in [0.717, 1.165) is 31.3 Å². The van der Waals surface area contributed by atoms with Crippen LogP contribution in [0.4, 0.5) is 4.39 Å². The third-order valence-electron chi connectivity index (χ3n) is 5.40. The van der Waals surface area contributed by atoms with Gasteiger partial charge in [0, 0.05) is 30.6 Å². The summed E-state index contributed by atoms with van der Waals surface area (Å²) < 4.78 is 13.3. The number of fused-ring (bicyclic) bond motifs is 2. The highest BCUT2D eigenvalue weighted by Gasteiger charge is 2.42. The van der Waals surface area contributed by atoms with E-state index >= 15 is 0 Å². The van der Waals surface area contributed by atoms with Crippen molar-refractivity contribution in [1.29, 1.82) is 0 Å². The molecule has 1 saturated carbocycles. The fourth-order valence-electron chi connectivity index (χ4n) is 4.10. The van der Waals surface area contributed by atoms with Gasteiger partial charge < -0.3 is 10.6 Å². The van der Waals surface area contributed by atoms with E-state index in [0.29, 0.717) is 28.6 Å². The number of hydrogen-bond donors (Lipinski definition) is 1. The summed E-state index contributed by atoms with van der Waals surface area (Å²) in [5, 5.41) is 0.788. The molecule has 2 fully saturated rings. The van der Waals surface area contributed by atoms with Gasteiger partial charge in [0.25, 0.3) is 5.91 Å². The SMILES string of the molecule is Cc1nc2cc(F)ccc2cc1C(=O)N1CC2CCC(N)C2C1. The van der Waals surface area contributed by atoms with Gasteiger partial charge in [-0.1, -0.05) is 0 Å². The standard InChI is InChI=1S/C18H20FN3O/c1-10-14(6-11-2-4-13(19)7-17(11)21-10)18(23)22-8-12-3-5-16(20)15(12)9-22/h2,4,6-7,12,15-16H,3,5,8-9,20H2,1H3. The summed E-state index contributed by atoms with van der Waals surface area (Å²) in [5.74, 6) is 0.672. The molecule has 1 aromatic heterocycles. The Balaban J connectivity index is 1.65. The Morgan fingerprint density at radius 3 is 2.91 bits per heavy atom. The van der Waals surface area contributed by atoms with Gasteiger partial charge >= 0.3 is 0 Å². The molecule has 3 atom stereocenters. The number of pyridine rings is 1. The van der Waals surface area contributed by atoms with Crippen molar-refractivity contribution in [3.63, 3.8) is 0 Å². The molecule has 4 rings (SSSR count). The van der Waals surface area contributed by atoms with Crippen molar-refractivity contribution in [2.24, 2.45) is 17.6 Å². The molecule has 1 amide bonds. The smallest absolute Gasteiger partial charge is 0.255 e. The van der Waals surface area contributed by atoms with Crippen molar-refractivity contribution in [2.75, 3.05) is 13.1 Å². The van der Waals surface area contributed by atoms with E-state index in [1.807, 2.05) is 11.0 Å². The van der Waals surface area contributed by atoms with Crippen molar-refractivity contribution in [3.8, 4) is 0 Å². The molecule has 1 aliphatic carbocycles. The summed E-state index contributed by atoms with van der Waals surface area (Å²) >= 11 is 0. The number of carbonyl (C=O) groups excluding carboxylic acids is 1. The van der Waals surface area contributed by atoms with Gasteiger partial charge in [0.2, 0.25) is 0 Å². The summed E-state index contributed by atoms with van der Waals surface area (Å²) in [6.45, 7) is 3.34. The number of nitrogens with two attached hydrogens (primary N) is 1. The monoisotopic (exact) mass is 313 g/mol. The molecule has 120 valence electrons. The van der Waals surface area contributed by atoms with Gasteiger partial charge in [-0.15, -0.1) is 0 Å². The highest BCUT2D eigenvalue weighted by atomic mass is 19.1. The van der Waals surface area contributed by atoms with E-state index in [4.69, 9.17) is 5.73 Å². The summed E-state index contributed by atoms with van der Waals surface area (Å²) in [6.07, 6.45) is 2.18. The second-order valence-corrected chi connectivity index (χ2v) is 6.83. The molecule has 23 heavy (non-hydrogen) atoms. The Morgan fingerprint density at radius 2 is 2.13 bits per heavy atom. The van der Waals surface area contributed by atoms with E-state index in [2.05, 4.69) is 4.98 Å². The van der Waals surface area contributed by atoms with E-state index in [-0.39, 0.29) is 17.8 Å². The van der Waals surface area contributed by atoms with Gasteiger partial charge in [-0.25, -0.2) is 4.39 Å². The molecular formula is C18H20FN3O. The lowest BCUT2D eigenvalue weighted by Gasteiger charge is -2.20. The number of rotatable bonds is 1. The number of amides is 1. The van der Waals surface area contributed by atoms with Gasteiger partial charge in [0.05, 0.1) is 16.8 Å². The number of halogens is 1. The van der Waals surface area contributed by atoms with Crippen LogP contribution in [0.25, 0.3) is 10.9 Å². The molecule has 2 N–H and O–H groups in total. The molecule has 1 aromatic carbocycles. The normalized spacial score (nSPS) is 26.7. The van der Waals surface area contributed by atoms with E-state index < -0.39 is 0 Å². The molecule has 3 unspecified atom stereocenters. The molecule has 0 radical (unpaired) electrons. The van der Waals surface area contributed by atoms with Crippen LogP contribution in [0.5, 0.6) is 0 Å². The summed E-state index contributed by atoms with van der Waals surface area (Å²) in [6, 6.07) is 6.51. The summed E-state index contributed by atoms with van der Waals surface area (Å²) in [4.78, 5) is 19.2. The lowest BCUT2D eigenvalue weighted by molar-refractivity contribution is 0.0778. The van der Waals surface area contributed by atoms with Gasteiger partial charge in [-0.3, -0.25) is 9.78 Å². The number of carbonyl (C=O) groups is 1. The van der Waals surface area contributed by atoms with Crippen LogP contribution < -0.4 is 5.73 Å². The van der Waals surface area contributed by atoms with Crippen molar-refractivity contribution >= 4 is 16.8 Å². The van der Waals surface area contributed by atoms with Crippen LogP contribution in [-0.2, 0) is 0 Å². The first-order valence-electron chi connectivity index (χ1n) is 8.14. The number of nitrogens with zero attached hydrogens (tertiary/aromatic N) is 2. The minimum atomic E-state index is -0.315. The van der Waals surface area contributed by atoms with Crippen LogP contribution in [-0.4, -0.2) is 34.9 Å². The molecule has 2 heterocycles. The topological polar surface area (TPSA) is 59.2 Å². The number of hydrogen-bond acceptors (Lipinski definition) is 3. The molecular weight excluding hydrogens is 293 g/mol. The number of aryl methyl sites for hydroxylation is 1. The third kappa shape index (κ3) is 2.39. The van der Waals surface area contributed by atoms with Crippen LogP contribution in [0.2, 0.25) is 0 Å². The second kappa shape index (κ2) is 5.27. The highest BCUT2D eigenvalue weighted by Crippen LogP contribution is 2.37. The second-order valence-electron chi connectivity index (χ2n) is 6.83. The fraction of sp³-hybridized carbons (Fsp3) is 0.444. The lowest BCUT2D eigenvalue weighted by Crippen LogP contribution is -2.33. The first kappa shape index (κ1) is 14.6. The predicted octanol–water partition coefficient (Wildman–Crippen LogP) is 2.49. The Morgan fingerprint density at radius 1 is 1.30 bits per heavy atom. The quantitative estimate of drug-likeness (QED) is 0.880. The van der Waals surface area contributed by atoms with Crippen molar-refractivity contribution in [2.45, 2.75) is 25.8 Å². The van der Waals surface area contributed by atoms with Crippen molar-refractivity contribution < 1.29 is 9.18 Å². The Kier molecular flexibility index (Phi) is 3.34. The van der Waals surface area contributed by atoms with Crippen LogP contribution >= 0.6 is 0 Å². The Bertz CT molecular complexity index is 791. The number of benzene rings is 1. The first-order chi connectivity index (χ1) is 11.0. The maximum Gasteiger partial charge on any atom is 0.255 e. The molecule has 2 aliphatic rings. The van der Waals surface area contributed by atoms with Crippen LogP contribution in [0, 0.1) is 24.6 Å². The average Bonchev–Trinajstić information content (AvgIpc) is 3.08. The zero-order valence-electron chi connectivity index (χ0n) is 13.1. The van der Waals surface area contributed by atoms with Crippen LogP contribution in [0.1, 0.15) is 28.9 Å². The molecule has 5 heteroatoms. The van der Waals surface area contributed by atoms with E-state index in [9.17, 15) is 9.18 Å². The zero-order valence-corrected chi connectivity index (χ0v) is 13.1. The Hall–Kier alpha value is -2.01. The van der Waals surface area contributed by atoms with Gasteiger partial charge in [-0.05, 0) is 49.8 Å². The Labute approximate surface area is 134 Å². The predicted molar refractivity (Wildman–Crippen MR) is 86.5 cm³/mol. The van der Waals surface area contributed by atoms with Crippen LogP contribution in [0.15, 0.2) is 24.3 Å². The van der Waals surface area contributed by atoms with E-state index in [1.54, 1.807) is 13.0 Å². The zero-order chi connectivity index (χ0) is 16.1. The van der Waals surface area contributed by atoms with Crippen LogP contribution in [0.3, 0.4) is 0 Å². The summed E-state index contributed by atoms with van der Waals surface area (Å²) in [7, 11) is 0. The fourth-order valence-corrected chi connectivity index (χ4v) is 4.10. The molecule has 1 aliphatic heterocycles. The molecule has 2 aromatic rings. The highest BCUT2D eigenvalue weighted by molar-refractivity contribution is 5.98. The molecule has 1 saturated heterocycles. The number of aromatic nitrogens is 1. The minimum absolute atomic E-state index is 0.0165. The maximum absolute atomic E-state index is 13.3. The first-order valence-corrected chi connectivity index (χ1v) is 8.14. The van der Waals surface area contributed by atoms with E-state index in [1.165, 1.54) is 12.1 Å². The molecule has 0 spiro atoms. The van der Waals surface area contributed by atoms with Crippen molar-refractivity contribution in [3.05, 3.63) is 41.3 Å². The molecule has 0 bridgehead atoms. The third-order valence-corrected chi connectivity index (χ3v) is 5.40. The number of likely N-dealkylation sites (tertiary alicyclic amines) is 1. The lowest BCUT2D eigenvalue weighted by atomic mass is 9.98. The van der Waals surface area contributed by atoms with Crippen molar-refractivity contribution in [1.82, 2.24) is 9.88 Å². The average molecular weight is 313 g/mol. The molecule has 4 nitrogen and oxygen atoms in total. The van der Waals surface area contributed by atoms with Gasteiger partial charge in [0.1, 0.15) is 5.82 Å². The largest absolute Gasteiger partial charge is 0.338 e. The minimum Gasteiger partial charge on any atom is -0.338 e. The maximum atomic E-state index is 13.3. The summed E-state index contributed by atoms with van der Waals surface area (Å²) in [5.41, 5.74) is 7.99. The van der Waals surface area contributed by atoms with Gasteiger partial charge in [-0.2, -0.15) is 0 Å².